The first-order valence-electron chi connectivity index (χ1n) is 14.5. The van der Waals surface area contributed by atoms with Crippen molar-refractivity contribution in [1.29, 1.82) is 0 Å². The van der Waals surface area contributed by atoms with Crippen LogP contribution in [0.25, 0.3) is 10.9 Å². The third kappa shape index (κ3) is 12.9. The first kappa shape index (κ1) is 33.9. The van der Waals surface area contributed by atoms with Gasteiger partial charge in [0.2, 0.25) is 5.88 Å². The normalized spacial score (nSPS) is 13.1. The lowest BCUT2D eigenvalue weighted by atomic mass is 10.0. The minimum absolute atomic E-state index is 0.0184. The SMILES string of the molecule is CCCCCCCCCCCCCCC=C(Sc1ccc2cc(C(=O)O)c(OC)nc2c1)[C@H](O)CCC(F)(F)F. The van der Waals surface area contributed by atoms with Gasteiger partial charge >= 0.3 is 12.1 Å². The van der Waals surface area contributed by atoms with Crippen LogP contribution < -0.4 is 4.74 Å². The fraction of sp³-hybridized carbons (Fsp3) is 0.613. The number of ether oxygens (including phenoxy) is 1. The first-order valence-corrected chi connectivity index (χ1v) is 15.3. The Bertz CT molecular complexity index is 1070. The number of aromatic nitrogens is 1. The summed E-state index contributed by atoms with van der Waals surface area (Å²) in [6, 6.07) is 6.66. The van der Waals surface area contributed by atoms with Gasteiger partial charge < -0.3 is 14.9 Å². The number of carbonyl (C=O) groups is 1. The molecule has 40 heavy (non-hydrogen) atoms. The number of allylic oxidation sites excluding steroid dienone is 1. The molecule has 2 N–H and O–H groups in total. The number of thioether (sulfide) groups is 1. The number of carboxylic acid groups (broad SMARTS) is 1. The molecule has 5 nitrogen and oxygen atoms in total. The third-order valence-corrected chi connectivity index (χ3v) is 8.01. The molecule has 0 saturated carbocycles. The van der Waals surface area contributed by atoms with Gasteiger partial charge in [-0.25, -0.2) is 9.78 Å². The van der Waals surface area contributed by atoms with Crippen LogP contribution in [-0.2, 0) is 0 Å². The highest BCUT2D eigenvalue weighted by Crippen LogP contribution is 2.35. The molecule has 2 aromatic rings. The summed E-state index contributed by atoms with van der Waals surface area (Å²) in [5, 5.41) is 20.6. The van der Waals surface area contributed by atoms with E-state index < -0.39 is 31.1 Å². The molecule has 2 rings (SSSR count). The number of rotatable bonds is 20. The van der Waals surface area contributed by atoms with E-state index in [0.717, 1.165) is 19.3 Å². The highest BCUT2D eigenvalue weighted by atomic mass is 32.2. The summed E-state index contributed by atoms with van der Waals surface area (Å²) in [7, 11) is 1.34. The number of fused-ring (bicyclic) bond motifs is 1. The van der Waals surface area contributed by atoms with Crippen molar-refractivity contribution in [2.24, 2.45) is 0 Å². The zero-order valence-corrected chi connectivity index (χ0v) is 24.6. The van der Waals surface area contributed by atoms with Crippen LogP contribution in [0, 0.1) is 0 Å². The number of alkyl halides is 3. The molecule has 0 amide bonds. The van der Waals surface area contributed by atoms with Gasteiger partial charge in [0.15, 0.2) is 0 Å². The number of aliphatic hydroxyl groups is 1. The Morgan fingerprint density at radius 1 is 1.00 bits per heavy atom. The van der Waals surface area contributed by atoms with E-state index in [2.05, 4.69) is 11.9 Å². The van der Waals surface area contributed by atoms with Gasteiger partial charge in [0.25, 0.3) is 0 Å². The van der Waals surface area contributed by atoms with Crippen LogP contribution in [0.5, 0.6) is 5.88 Å². The maximum absolute atomic E-state index is 12.8. The monoisotopic (exact) mass is 583 g/mol. The van der Waals surface area contributed by atoms with E-state index in [9.17, 15) is 28.2 Å². The van der Waals surface area contributed by atoms with Gasteiger partial charge in [0.1, 0.15) is 5.56 Å². The lowest BCUT2D eigenvalue weighted by Gasteiger charge is -2.16. The number of pyridine rings is 1. The van der Waals surface area contributed by atoms with Crippen LogP contribution in [0.2, 0.25) is 0 Å². The molecule has 1 aromatic heterocycles. The van der Waals surface area contributed by atoms with Crippen LogP contribution in [0.15, 0.2) is 40.1 Å². The molecule has 0 bridgehead atoms. The van der Waals surface area contributed by atoms with Gasteiger partial charge in [0, 0.05) is 21.6 Å². The largest absolute Gasteiger partial charge is 0.480 e. The summed E-state index contributed by atoms with van der Waals surface area (Å²) < 4.78 is 43.6. The van der Waals surface area contributed by atoms with Crippen molar-refractivity contribution >= 4 is 28.6 Å². The van der Waals surface area contributed by atoms with Gasteiger partial charge in [-0.1, -0.05) is 101 Å². The maximum Gasteiger partial charge on any atom is 0.389 e. The predicted octanol–water partition coefficient (Wildman–Crippen LogP) is 9.71. The van der Waals surface area contributed by atoms with Crippen molar-refractivity contribution in [3.8, 4) is 5.88 Å². The molecule has 0 aliphatic carbocycles. The number of aromatic carboxylic acids is 1. The molecule has 0 aliphatic rings. The number of methoxy groups -OCH3 is 1. The minimum Gasteiger partial charge on any atom is -0.480 e. The number of carboxylic acids is 1. The van der Waals surface area contributed by atoms with Crippen LogP contribution in [0.1, 0.15) is 114 Å². The molecule has 0 aliphatic heterocycles. The number of halogens is 3. The van der Waals surface area contributed by atoms with Crippen LogP contribution >= 0.6 is 11.8 Å². The van der Waals surface area contributed by atoms with Crippen molar-refractivity contribution in [1.82, 2.24) is 4.98 Å². The van der Waals surface area contributed by atoms with Crippen LogP contribution in [0.4, 0.5) is 13.2 Å². The minimum atomic E-state index is -4.34. The number of hydrogen-bond donors (Lipinski definition) is 2. The highest BCUT2D eigenvalue weighted by molar-refractivity contribution is 8.03. The van der Waals surface area contributed by atoms with Crippen LogP contribution in [0.3, 0.4) is 0 Å². The molecular formula is C31H44F3NO4S. The maximum atomic E-state index is 12.8. The molecule has 0 spiro atoms. The first-order chi connectivity index (χ1) is 19.1. The number of hydrogen-bond acceptors (Lipinski definition) is 5. The highest BCUT2D eigenvalue weighted by Gasteiger charge is 2.29. The van der Waals surface area contributed by atoms with Gasteiger partial charge in [0.05, 0.1) is 18.7 Å². The fourth-order valence-corrected chi connectivity index (χ4v) is 5.59. The average Bonchev–Trinajstić information content (AvgIpc) is 2.92. The Morgan fingerprint density at radius 2 is 1.60 bits per heavy atom. The Morgan fingerprint density at radius 3 is 2.15 bits per heavy atom. The fourth-order valence-electron chi connectivity index (χ4n) is 4.56. The van der Waals surface area contributed by atoms with E-state index in [0.29, 0.717) is 27.1 Å². The Hall–Kier alpha value is -2.26. The Balaban J connectivity index is 1.94. The third-order valence-electron chi connectivity index (χ3n) is 6.85. The standard InChI is InChI=1S/C31H44F3NO4S/c1-3-4-5-6-7-8-9-10-11-12-13-14-15-16-28(27(36)19-20-31(32,33)34)40-24-18-17-23-21-25(30(37)38)29(39-2)35-26(23)22-24/h16-18,21-22,27,36H,3-15,19-20H2,1-2H3,(H,37,38)/t27-/m1/s1. The molecule has 0 saturated heterocycles. The summed E-state index contributed by atoms with van der Waals surface area (Å²) in [5.74, 6) is -1.17. The Kier molecular flexibility index (Phi) is 15.5. The predicted molar refractivity (Wildman–Crippen MR) is 156 cm³/mol. The quantitative estimate of drug-likeness (QED) is 0.119. The number of nitrogens with zero attached hydrogens (tertiary/aromatic N) is 1. The summed E-state index contributed by atoms with van der Waals surface area (Å²) in [5.41, 5.74) is 0.443. The number of unbranched alkanes of at least 4 members (excludes halogenated alkanes) is 12. The summed E-state index contributed by atoms with van der Waals surface area (Å²) >= 11 is 1.22. The van der Waals surface area contributed by atoms with E-state index in [4.69, 9.17) is 4.74 Å². The van der Waals surface area contributed by atoms with Gasteiger partial charge in [-0.15, -0.1) is 0 Å². The number of benzene rings is 1. The molecular weight excluding hydrogens is 539 g/mol. The molecule has 0 unspecified atom stereocenters. The van der Waals surface area contributed by atoms with Gasteiger partial charge in [-0.2, -0.15) is 13.2 Å². The zero-order chi connectivity index (χ0) is 29.4. The molecule has 224 valence electrons. The lowest BCUT2D eigenvalue weighted by molar-refractivity contribution is -0.138. The molecule has 9 heteroatoms. The molecule has 0 fully saturated rings. The van der Waals surface area contributed by atoms with E-state index in [-0.39, 0.29) is 11.4 Å². The van der Waals surface area contributed by atoms with E-state index in [1.54, 1.807) is 18.2 Å². The van der Waals surface area contributed by atoms with E-state index in [1.807, 2.05) is 6.08 Å². The summed E-state index contributed by atoms with van der Waals surface area (Å²) in [4.78, 5) is 16.9. The summed E-state index contributed by atoms with van der Waals surface area (Å²) in [6.45, 7) is 2.23. The van der Waals surface area contributed by atoms with Crippen molar-refractivity contribution < 1.29 is 32.9 Å². The van der Waals surface area contributed by atoms with Gasteiger partial charge in [-0.3, -0.25) is 0 Å². The van der Waals surface area contributed by atoms with Gasteiger partial charge in [-0.05, 0) is 37.5 Å². The molecule has 0 radical (unpaired) electrons. The lowest BCUT2D eigenvalue weighted by Crippen LogP contribution is -2.15. The smallest absolute Gasteiger partial charge is 0.389 e. The topological polar surface area (TPSA) is 79.7 Å². The second-order valence-corrected chi connectivity index (χ2v) is 11.4. The number of aliphatic hydroxyl groups excluding tert-OH is 1. The van der Waals surface area contributed by atoms with E-state index >= 15 is 0 Å². The van der Waals surface area contributed by atoms with E-state index in [1.165, 1.54) is 82.7 Å². The second-order valence-electron chi connectivity index (χ2n) is 10.3. The van der Waals surface area contributed by atoms with Crippen molar-refractivity contribution in [2.45, 2.75) is 120 Å². The molecule has 1 aromatic carbocycles. The van der Waals surface area contributed by atoms with Crippen molar-refractivity contribution in [2.75, 3.05) is 7.11 Å². The van der Waals surface area contributed by atoms with Crippen LogP contribution in [-0.4, -0.2) is 40.6 Å². The molecule has 1 atom stereocenters. The Labute approximate surface area is 240 Å². The second kappa shape index (κ2) is 18.2. The summed E-state index contributed by atoms with van der Waals surface area (Å²) in [6.07, 6.45) is 10.3. The average molecular weight is 584 g/mol. The zero-order valence-electron chi connectivity index (χ0n) is 23.8. The molecule has 1 heterocycles. The van der Waals surface area contributed by atoms with Crippen molar-refractivity contribution in [3.63, 3.8) is 0 Å². The van der Waals surface area contributed by atoms with Crippen molar-refractivity contribution in [3.05, 3.63) is 40.8 Å².